The summed E-state index contributed by atoms with van der Waals surface area (Å²) in [6, 6.07) is 7.10. The molecule has 0 aliphatic heterocycles. The quantitative estimate of drug-likeness (QED) is 0.757. The van der Waals surface area contributed by atoms with Gasteiger partial charge in [-0.15, -0.1) is 0 Å². The summed E-state index contributed by atoms with van der Waals surface area (Å²) in [6.07, 6.45) is 0.152. The highest BCUT2D eigenvalue weighted by Crippen LogP contribution is 2.19. The number of ether oxygens (including phenoxy) is 1. The summed E-state index contributed by atoms with van der Waals surface area (Å²) in [4.78, 5) is 23.9. The SMILES string of the molecule is Cc1ccc(C(CC(=O)OC(C)C)NC(=O)CC(C)N)cc1. The fourth-order valence-corrected chi connectivity index (χ4v) is 2.07. The Morgan fingerprint density at radius 1 is 1.14 bits per heavy atom. The minimum Gasteiger partial charge on any atom is -0.463 e. The van der Waals surface area contributed by atoms with Gasteiger partial charge in [0.2, 0.25) is 5.91 Å². The molecule has 1 amide bonds. The highest BCUT2D eigenvalue weighted by atomic mass is 16.5. The summed E-state index contributed by atoms with van der Waals surface area (Å²) < 4.78 is 5.17. The van der Waals surface area contributed by atoms with Crippen molar-refractivity contribution in [1.82, 2.24) is 5.32 Å². The maximum Gasteiger partial charge on any atom is 0.308 e. The molecule has 122 valence electrons. The van der Waals surface area contributed by atoms with Gasteiger partial charge in [0.05, 0.1) is 18.6 Å². The Kier molecular flexibility index (Phi) is 7.05. The summed E-state index contributed by atoms with van der Waals surface area (Å²) >= 11 is 0. The molecule has 2 unspecified atom stereocenters. The average molecular weight is 306 g/mol. The van der Waals surface area contributed by atoms with Gasteiger partial charge in [-0.25, -0.2) is 0 Å². The number of rotatable bonds is 7. The third-order valence-corrected chi connectivity index (χ3v) is 3.06. The largest absolute Gasteiger partial charge is 0.463 e. The maximum atomic E-state index is 12.0. The first-order chi connectivity index (χ1) is 10.3. The van der Waals surface area contributed by atoms with Crippen molar-refractivity contribution < 1.29 is 14.3 Å². The van der Waals surface area contributed by atoms with Gasteiger partial charge in [0.1, 0.15) is 0 Å². The van der Waals surface area contributed by atoms with Gasteiger partial charge < -0.3 is 15.8 Å². The number of carbonyl (C=O) groups excluding carboxylic acids is 2. The topological polar surface area (TPSA) is 81.4 Å². The van der Waals surface area contributed by atoms with Crippen LogP contribution in [0, 0.1) is 6.92 Å². The fourth-order valence-electron chi connectivity index (χ4n) is 2.07. The first-order valence-electron chi connectivity index (χ1n) is 7.59. The Balaban J connectivity index is 2.82. The summed E-state index contributed by atoms with van der Waals surface area (Å²) in [5, 5.41) is 2.87. The number of hydrogen-bond acceptors (Lipinski definition) is 4. The van der Waals surface area contributed by atoms with Crippen LogP contribution in [0.15, 0.2) is 24.3 Å². The van der Waals surface area contributed by atoms with Crippen LogP contribution in [0.5, 0.6) is 0 Å². The van der Waals surface area contributed by atoms with Crippen molar-refractivity contribution in [3.8, 4) is 0 Å². The molecule has 0 heterocycles. The van der Waals surface area contributed by atoms with Crippen molar-refractivity contribution in [1.29, 1.82) is 0 Å². The summed E-state index contributed by atoms with van der Waals surface area (Å²) in [5.41, 5.74) is 7.64. The molecule has 2 atom stereocenters. The van der Waals surface area contributed by atoms with Gasteiger partial charge in [-0.2, -0.15) is 0 Å². The van der Waals surface area contributed by atoms with Crippen LogP contribution in [0.1, 0.15) is 50.8 Å². The first-order valence-corrected chi connectivity index (χ1v) is 7.59. The number of esters is 1. The molecule has 0 aromatic heterocycles. The van der Waals surface area contributed by atoms with Crippen LogP contribution in [0.3, 0.4) is 0 Å². The Morgan fingerprint density at radius 3 is 2.23 bits per heavy atom. The maximum absolute atomic E-state index is 12.0. The van der Waals surface area contributed by atoms with E-state index in [1.54, 1.807) is 20.8 Å². The normalized spacial score (nSPS) is 13.5. The molecule has 0 saturated carbocycles. The van der Waals surface area contributed by atoms with E-state index in [-0.39, 0.29) is 36.9 Å². The lowest BCUT2D eigenvalue weighted by Crippen LogP contribution is -2.34. The van der Waals surface area contributed by atoms with Crippen molar-refractivity contribution in [2.75, 3.05) is 0 Å². The third kappa shape index (κ3) is 6.72. The van der Waals surface area contributed by atoms with E-state index >= 15 is 0 Å². The molecular formula is C17H26N2O3. The van der Waals surface area contributed by atoms with Gasteiger partial charge in [-0.3, -0.25) is 9.59 Å². The minimum absolute atomic E-state index is 0.103. The minimum atomic E-state index is -0.405. The van der Waals surface area contributed by atoms with Crippen molar-refractivity contribution in [2.24, 2.45) is 5.73 Å². The smallest absolute Gasteiger partial charge is 0.308 e. The average Bonchev–Trinajstić information content (AvgIpc) is 2.36. The van der Waals surface area contributed by atoms with Crippen molar-refractivity contribution >= 4 is 11.9 Å². The zero-order chi connectivity index (χ0) is 16.7. The van der Waals surface area contributed by atoms with Gasteiger partial charge in [-0.05, 0) is 33.3 Å². The van der Waals surface area contributed by atoms with E-state index in [1.165, 1.54) is 0 Å². The predicted molar refractivity (Wildman–Crippen MR) is 86.2 cm³/mol. The molecule has 3 N–H and O–H groups in total. The molecule has 0 bridgehead atoms. The molecule has 0 saturated heterocycles. The lowest BCUT2D eigenvalue weighted by molar-refractivity contribution is -0.148. The molecule has 1 rings (SSSR count). The standard InChI is InChI=1S/C17H26N2O3/c1-11(2)22-17(21)10-15(19-16(20)9-13(4)18)14-7-5-12(3)6-8-14/h5-8,11,13,15H,9-10,18H2,1-4H3,(H,19,20). The molecule has 0 radical (unpaired) electrons. The lowest BCUT2D eigenvalue weighted by atomic mass is 10.0. The van der Waals surface area contributed by atoms with Crippen LogP contribution in [0.2, 0.25) is 0 Å². The second-order valence-electron chi connectivity index (χ2n) is 5.95. The van der Waals surface area contributed by atoms with Crippen LogP contribution in [-0.2, 0) is 14.3 Å². The van der Waals surface area contributed by atoms with E-state index in [0.29, 0.717) is 0 Å². The number of amides is 1. The molecule has 0 aliphatic rings. The van der Waals surface area contributed by atoms with Gasteiger partial charge in [0.25, 0.3) is 0 Å². The van der Waals surface area contributed by atoms with Crippen LogP contribution < -0.4 is 11.1 Å². The van der Waals surface area contributed by atoms with Crippen LogP contribution >= 0.6 is 0 Å². The molecular weight excluding hydrogens is 280 g/mol. The monoisotopic (exact) mass is 306 g/mol. The van der Waals surface area contributed by atoms with Gasteiger partial charge >= 0.3 is 5.97 Å². The van der Waals surface area contributed by atoms with Gasteiger partial charge in [0.15, 0.2) is 0 Å². The van der Waals surface area contributed by atoms with Gasteiger partial charge in [-0.1, -0.05) is 29.8 Å². The third-order valence-electron chi connectivity index (χ3n) is 3.06. The number of benzene rings is 1. The molecule has 5 heteroatoms. The Morgan fingerprint density at radius 2 is 1.73 bits per heavy atom. The number of nitrogens with one attached hydrogen (secondary N) is 1. The second-order valence-corrected chi connectivity index (χ2v) is 5.95. The fraction of sp³-hybridized carbons (Fsp3) is 0.529. The Hall–Kier alpha value is -1.88. The molecule has 5 nitrogen and oxygen atoms in total. The zero-order valence-electron chi connectivity index (χ0n) is 13.8. The summed E-state index contributed by atoms with van der Waals surface area (Å²) in [5.74, 6) is -0.500. The molecule has 1 aromatic rings. The summed E-state index contributed by atoms with van der Waals surface area (Å²) in [6.45, 7) is 7.36. The molecule has 1 aromatic carbocycles. The van der Waals surface area contributed by atoms with E-state index in [9.17, 15) is 9.59 Å². The van der Waals surface area contributed by atoms with Crippen molar-refractivity contribution in [3.05, 3.63) is 35.4 Å². The van der Waals surface area contributed by atoms with Crippen LogP contribution in [-0.4, -0.2) is 24.0 Å². The predicted octanol–water partition coefficient (Wildman–Crippen LogP) is 2.23. The molecule has 0 aliphatic carbocycles. The number of hydrogen-bond donors (Lipinski definition) is 2. The number of carbonyl (C=O) groups is 2. The van der Waals surface area contributed by atoms with Crippen LogP contribution in [0.4, 0.5) is 0 Å². The highest BCUT2D eigenvalue weighted by molar-refractivity contribution is 5.78. The number of nitrogens with two attached hydrogens (primary N) is 1. The first kappa shape index (κ1) is 18.2. The van der Waals surface area contributed by atoms with Crippen LogP contribution in [0.25, 0.3) is 0 Å². The van der Waals surface area contributed by atoms with Crippen molar-refractivity contribution in [3.63, 3.8) is 0 Å². The van der Waals surface area contributed by atoms with E-state index in [4.69, 9.17) is 10.5 Å². The molecule has 0 fully saturated rings. The Labute approximate surface area is 132 Å². The number of aryl methyl sites for hydroxylation is 1. The summed E-state index contributed by atoms with van der Waals surface area (Å²) in [7, 11) is 0. The molecule has 22 heavy (non-hydrogen) atoms. The second kappa shape index (κ2) is 8.54. The van der Waals surface area contributed by atoms with E-state index in [1.807, 2.05) is 31.2 Å². The van der Waals surface area contributed by atoms with Crippen molar-refractivity contribution in [2.45, 2.75) is 58.7 Å². The molecule has 0 spiro atoms. The van der Waals surface area contributed by atoms with E-state index in [2.05, 4.69) is 5.32 Å². The highest BCUT2D eigenvalue weighted by Gasteiger charge is 2.20. The lowest BCUT2D eigenvalue weighted by Gasteiger charge is -2.20. The Bertz CT molecular complexity index is 471. The zero-order valence-corrected chi connectivity index (χ0v) is 13.8. The van der Waals surface area contributed by atoms with Gasteiger partial charge in [0, 0.05) is 12.5 Å². The van der Waals surface area contributed by atoms with E-state index < -0.39 is 6.04 Å². The van der Waals surface area contributed by atoms with E-state index in [0.717, 1.165) is 11.1 Å².